The van der Waals surface area contributed by atoms with Crippen molar-refractivity contribution < 1.29 is 4.79 Å². The van der Waals surface area contributed by atoms with Gasteiger partial charge in [-0.05, 0) is 48.4 Å². The number of carbonyl (C=O) groups is 1. The molecule has 4 nitrogen and oxygen atoms in total. The Morgan fingerprint density at radius 2 is 1.84 bits per heavy atom. The van der Waals surface area contributed by atoms with Crippen molar-refractivity contribution in [1.82, 2.24) is 10.3 Å². The van der Waals surface area contributed by atoms with Gasteiger partial charge in [-0.15, -0.1) is 0 Å². The summed E-state index contributed by atoms with van der Waals surface area (Å²) in [5, 5.41) is 6.82. The van der Waals surface area contributed by atoms with Gasteiger partial charge in [-0.25, -0.2) is 0 Å². The summed E-state index contributed by atoms with van der Waals surface area (Å²) in [5.41, 5.74) is 4.38. The molecule has 0 atom stereocenters. The molecule has 5 heteroatoms. The van der Waals surface area contributed by atoms with E-state index in [2.05, 4.69) is 15.6 Å². The fourth-order valence-corrected chi connectivity index (χ4v) is 2.53. The first-order valence-electron chi connectivity index (χ1n) is 7.91. The normalized spacial score (nSPS) is 10.3. The van der Waals surface area contributed by atoms with Crippen LogP contribution in [0.1, 0.15) is 21.5 Å². The molecule has 0 spiro atoms. The van der Waals surface area contributed by atoms with Gasteiger partial charge in [0.15, 0.2) is 0 Å². The van der Waals surface area contributed by atoms with E-state index in [0.717, 1.165) is 22.5 Å². The number of anilines is 2. The fourth-order valence-electron chi connectivity index (χ4n) is 2.41. The molecule has 0 fully saturated rings. The van der Waals surface area contributed by atoms with Crippen LogP contribution < -0.4 is 10.6 Å². The third-order valence-corrected chi connectivity index (χ3v) is 3.93. The van der Waals surface area contributed by atoms with Gasteiger partial charge in [-0.3, -0.25) is 9.78 Å². The van der Waals surface area contributed by atoms with E-state index >= 15 is 0 Å². The number of amides is 1. The maximum absolute atomic E-state index is 12.3. The molecule has 25 heavy (non-hydrogen) atoms. The van der Waals surface area contributed by atoms with Crippen LogP contribution >= 0.6 is 11.6 Å². The lowest BCUT2D eigenvalue weighted by Gasteiger charge is -2.09. The first kappa shape index (κ1) is 17.0. The van der Waals surface area contributed by atoms with Gasteiger partial charge in [0.1, 0.15) is 0 Å². The molecule has 3 aromatic rings. The van der Waals surface area contributed by atoms with Crippen molar-refractivity contribution >= 4 is 28.9 Å². The highest BCUT2D eigenvalue weighted by Gasteiger charge is 2.07. The van der Waals surface area contributed by atoms with Crippen LogP contribution in [0.3, 0.4) is 0 Å². The number of nitrogens with zero attached hydrogens (tertiary/aromatic N) is 1. The second-order valence-corrected chi connectivity index (χ2v) is 6.20. The summed E-state index contributed by atoms with van der Waals surface area (Å²) in [7, 11) is 0. The van der Waals surface area contributed by atoms with Gasteiger partial charge < -0.3 is 10.6 Å². The molecule has 0 aliphatic rings. The van der Waals surface area contributed by atoms with Crippen molar-refractivity contribution in [2.45, 2.75) is 13.5 Å². The van der Waals surface area contributed by atoms with Crippen molar-refractivity contribution in [2.75, 3.05) is 5.32 Å². The molecule has 0 aliphatic carbocycles. The number of benzene rings is 2. The van der Waals surface area contributed by atoms with Crippen LogP contribution in [0.15, 0.2) is 67.0 Å². The minimum Gasteiger partial charge on any atom is -0.354 e. The van der Waals surface area contributed by atoms with Gasteiger partial charge in [0.25, 0.3) is 5.91 Å². The van der Waals surface area contributed by atoms with Crippen LogP contribution in [0, 0.1) is 6.92 Å². The maximum Gasteiger partial charge on any atom is 0.253 e. The summed E-state index contributed by atoms with van der Waals surface area (Å²) in [4.78, 5) is 16.5. The Labute approximate surface area is 151 Å². The first-order chi connectivity index (χ1) is 12.1. The van der Waals surface area contributed by atoms with Gasteiger partial charge in [0, 0.05) is 23.5 Å². The monoisotopic (exact) mass is 351 g/mol. The molecule has 0 bridgehead atoms. The van der Waals surface area contributed by atoms with Gasteiger partial charge in [0.05, 0.1) is 17.4 Å². The topological polar surface area (TPSA) is 54.0 Å². The minimum absolute atomic E-state index is 0.171. The van der Waals surface area contributed by atoms with E-state index < -0.39 is 0 Å². The zero-order valence-electron chi connectivity index (χ0n) is 13.8. The fraction of sp³-hybridized carbons (Fsp3) is 0.100. The largest absolute Gasteiger partial charge is 0.354 e. The van der Waals surface area contributed by atoms with Crippen molar-refractivity contribution in [3.63, 3.8) is 0 Å². The highest BCUT2D eigenvalue weighted by Crippen LogP contribution is 2.18. The number of hydrogen-bond donors (Lipinski definition) is 2. The highest BCUT2D eigenvalue weighted by atomic mass is 35.5. The lowest BCUT2D eigenvalue weighted by Crippen LogP contribution is -2.23. The molecule has 1 heterocycles. The summed E-state index contributed by atoms with van der Waals surface area (Å²) in [5.74, 6) is -0.171. The molecule has 1 amide bonds. The summed E-state index contributed by atoms with van der Waals surface area (Å²) >= 11 is 5.86. The lowest BCUT2D eigenvalue weighted by molar-refractivity contribution is 0.0950. The van der Waals surface area contributed by atoms with Crippen molar-refractivity contribution in [3.8, 4) is 0 Å². The molecule has 0 aliphatic heterocycles. The Morgan fingerprint density at radius 1 is 1.04 bits per heavy atom. The smallest absolute Gasteiger partial charge is 0.253 e. The van der Waals surface area contributed by atoms with Crippen molar-refractivity contribution in [3.05, 3.63) is 88.7 Å². The molecule has 1 aromatic heterocycles. The Balaban J connectivity index is 1.65. The number of aromatic nitrogens is 1. The number of nitrogens with one attached hydrogen (secondary N) is 2. The van der Waals surface area contributed by atoms with Crippen LogP contribution in [0.5, 0.6) is 0 Å². The third-order valence-electron chi connectivity index (χ3n) is 3.67. The summed E-state index contributed by atoms with van der Waals surface area (Å²) in [6, 6.07) is 17.2. The second kappa shape index (κ2) is 7.81. The van der Waals surface area contributed by atoms with E-state index in [1.165, 1.54) is 0 Å². The van der Waals surface area contributed by atoms with Crippen molar-refractivity contribution in [1.29, 1.82) is 0 Å². The van der Waals surface area contributed by atoms with E-state index in [1.54, 1.807) is 30.6 Å². The zero-order chi connectivity index (χ0) is 17.6. The summed E-state index contributed by atoms with van der Waals surface area (Å²) < 4.78 is 0. The van der Waals surface area contributed by atoms with Crippen LogP contribution in [0.4, 0.5) is 11.4 Å². The van der Waals surface area contributed by atoms with Gasteiger partial charge in [0.2, 0.25) is 0 Å². The third kappa shape index (κ3) is 4.81. The molecule has 0 saturated carbocycles. The number of rotatable bonds is 5. The molecular weight excluding hydrogens is 334 g/mol. The highest BCUT2D eigenvalue weighted by molar-refractivity contribution is 6.30. The summed E-state index contributed by atoms with van der Waals surface area (Å²) in [6.07, 6.45) is 3.25. The van der Waals surface area contributed by atoms with E-state index in [9.17, 15) is 4.79 Å². The molecular formula is C20H18ClN3O. The average Bonchev–Trinajstić information content (AvgIpc) is 2.61. The zero-order valence-corrected chi connectivity index (χ0v) is 14.5. The first-order valence-corrected chi connectivity index (χ1v) is 8.29. The molecule has 3 rings (SSSR count). The molecule has 2 N–H and O–H groups in total. The number of hydrogen-bond acceptors (Lipinski definition) is 3. The maximum atomic E-state index is 12.3. The van der Waals surface area contributed by atoms with Gasteiger partial charge >= 0.3 is 0 Å². The quantitative estimate of drug-likeness (QED) is 0.699. The molecule has 2 aromatic carbocycles. The van der Waals surface area contributed by atoms with E-state index in [1.807, 2.05) is 43.3 Å². The molecule has 0 radical (unpaired) electrons. The van der Waals surface area contributed by atoms with Crippen LogP contribution in [-0.2, 0) is 6.54 Å². The molecule has 0 unspecified atom stereocenters. The van der Waals surface area contributed by atoms with Gasteiger partial charge in [-0.2, -0.15) is 0 Å². The lowest BCUT2D eigenvalue weighted by atomic mass is 10.2. The molecule has 126 valence electrons. The Hall–Kier alpha value is -2.85. The van der Waals surface area contributed by atoms with Crippen LogP contribution in [0.25, 0.3) is 0 Å². The Kier molecular flexibility index (Phi) is 5.31. The number of halogens is 1. The van der Waals surface area contributed by atoms with E-state index in [-0.39, 0.29) is 5.91 Å². The van der Waals surface area contributed by atoms with Gasteiger partial charge in [-0.1, -0.05) is 35.9 Å². The molecule has 0 saturated heterocycles. The Morgan fingerprint density at radius 3 is 2.60 bits per heavy atom. The number of aryl methyl sites for hydroxylation is 1. The predicted molar refractivity (Wildman–Crippen MR) is 101 cm³/mol. The Bertz CT molecular complexity index is 878. The SMILES string of the molecule is Cc1cccc(Nc2cncc(C(=O)NCc3ccc(Cl)cc3)c2)c1. The van der Waals surface area contributed by atoms with E-state index in [4.69, 9.17) is 11.6 Å². The minimum atomic E-state index is -0.171. The van der Waals surface area contributed by atoms with Crippen LogP contribution in [-0.4, -0.2) is 10.9 Å². The number of carbonyl (C=O) groups excluding carboxylic acids is 1. The van der Waals surface area contributed by atoms with Crippen LogP contribution in [0.2, 0.25) is 5.02 Å². The van der Waals surface area contributed by atoms with Crippen molar-refractivity contribution in [2.24, 2.45) is 0 Å². The summed E-state index contributed by atoms with van der Waals surface area (Å²) in [6.45, 7) is 2.47. The van der Waals surface area contributed by atoms with E-state index in [0.29, 0.717) is 17.1 Å². The predicted octanol–water partition coefficient (Wildman–Crippen LogP) is 4.72. The second-order valence-electron chi connectivity index (χ2n) is 5.77. The number of pyridine rings is 1. The standard InChI is InChI=1S/C20H18ClN3O/c1-14-3-2-4-18(9-14)24-19-10-16(12-22-13-19)20(25)23-11-15-5-7-17(21)8-6-15/h2-10,12-13,24H,11H2,1H3,(H,23,25). The average molecular weight is 352 g/mol.